The van der Waals surface area contributed by atoms with Crippen molar-refractivity contribution in [2.75, 3.05) is 0 Å². The van der Waals surface area contributed by atoms with Gasteiger partial charge < -0.3 is 9.47 Å². The zero-order valence-corrected chi connectivity index (χ0v) is 15.4. The number of imidazole rings is 1. The summed E-state index contributed by atoms with van der Waals surface area (Å²) in [5, 5.41) is 0. The van der Waals surface area contributed by atoms with Crippen molar-refractivity contribution >= 4 is 11.6 Å². The molecule has 28 heavy (non-hydrogen) atoms. The van der Waals surface area contributed by atoms with Gasteiger partial charge in [-0.25, -0.2) is 9.78 Å². The van der Waals surface area contributed by atoms with Gasteiger partial charge in [0.15, 0.2) is 11.4 Å². The van der Waals surface area contributed by atoms with Crippen LogP contribution in [0.15, 0.2) is 73.2 Å². The third kappa shape index (κ3) is 3.71. The first-order valence-electron chi connectivity index (χ1n) is 8.93. The summed E-state index contributed by atoms with van der Waals surface area (Å²) < 4.78 is 13.3. The number of hydrogen-bond donors (Lipinski definition) is 0. The molecule has 0 aliphatic rings. The van der Waals surface area contributed by atoms with Gasteiger partial charge in [0.2, 0.25) is 0 Å². The molecule has 3 aromatic heterocycles. The molecule has 0 aliphatic heterocycles. The van der Waals surface area contributed by atoms with E-state index in [0.29, 0.717) is 23.6 Å². The number of ether oxygens (including phenoxy) is 2. The normalized spacial score (nSPS) is 10.8. The summed E-state index contributed by atoms with van der Waals surface area (Å²) in [7, 11) is 0. The Morgan fingerprint density at radius 1 is 1.04 bits per heavy atom. The van der Waals surface area contributed by atoms with E-state index in [1.165, 1.54) is 6.20 Å². The first-order valence-corrected chi connectivity index (χ1v) is 8.93. The van der Waals surface area contributed by atoms with E-state index in [9.17, 15) is 4.79 Å². The number of aryl methyl sites for hydroxylation is 1. The first-order chi connectivity index (χ1) is 13.7. The van der Waals surface area contributed by atoms with Crippen molar-refractivity contribution in [2.45, 2.75) is 20.1 Å². The monoisotopic (exact) mass is 373 g/mol. The number of hydrogen-bond acceptors (Lipinski definition) is 5. The lowest BCUT2D eigenvalue weighted by Gasteiger charge is -2.09. The van der Waals surface area contributed by atoms with Crippen LogP contribution in [-0.2, 0) is 18.0 Å². The van der Waals surface area contributed by atoms with Gasteiger partial charge in [0.05, 0.1) is 17.0 Å². The van der Waals surface area contributed by atoms with Crippen molar-refractivity contribution in [1.29, 1.82) is 0 Å². The molecule has 0 unspecified atom stereocenters. The number of carbonyl (C=O) groups excluding carboxylic acids is 1. The van der Waals surface area contributed by atoms with Crippen LogP contribution in [0.3, 0.4) is 0 Å². The van der Waals surface area contributed by atoms with Crippen LogP contribution in [0, 0.1) is 6.92 Å². The summed E-state index contributed by atoms with van der Waals surface area (Å²) in [6.45, 7) is 2.46. The van der Waals surface area contributed by atoms with Crippen LogP contribution in [-0.4, -0.2) is 20.3 Å². The average Bonchev–Trinajstić information content (AvgIpc) is 3.07. The Morgan fingerprint density at radius 3 is 2.68 bits per heavy atom. The fraction of sp³-hybridized carbons (Fsp3) is 0.136. The molecular formula is C22H19N3O3. The van der Waals surface area contributed by atoms with Crippen molar-refractivity contribution in [3.8, 4) is 5.75 Å². The predicted molar refractivity (Wildman–Crippen MR) is 104 cm³/mol. The molecule has 0 spiro atoms. The highest BCUT2D eigenvalue weighted by molar-refractivity contribution is 5.88. The highest BCUT2D eigenvalue weighted by Gasteiger charge is 2.15. The maximum absolute atomic E-state index is 12.2. The fourth-order valence-electron chi connectivity index (χ4n) is 2.93. The molecule has 4 rings (SSSR count). The summed E-state index contributed by atoms with van der Waals surface area (Å²) in [6.07, 6.45) is 4.99. The molecule has 1 aromatic carbocycles. The Kier molecular flexibility index (Phi) is 5.01. The van der Waals surface area contributed by atoms with Crippen molar-refractivity contribution in [1.82, 2.24) is 14.4 Å². The summed E-state index contributed by atoms with van der Waals surface area (Å²) in [5.74, 6) is 0.262. The molecular weight excluding hydrogens is 354 g/mol. The zero-order valence-electron chi connectivity index (χ0n) is 15.4. The van der Waals surface area contributed by atoms with E-state index in [4.69, 9.17) is 9.47 Å². The number of rotatable bonds is 6. The van der Waals surface area contributed by atoms with Gasteiger partial charge >= 0.3 is 5.97 Å². The van der Waals surface area contributed by atoms with E-state index in [0.717, 1.165) is 17.0 Å². The minimum atomic E-state index is -0.418. The van der Waals surface area contributed by atoms with Crippen molar-refractivity contribution < 1.29 is 14.3 Å². The van der Waals surface area contributed by atoms with E-state index in [-0.39, 0.29) is 6.61 Å². The van der Waals surface area contributed by atoms with E-state index < -0.39 is 5.97 Å². The van der Waals surface area contributed by atoms with Gasteiger partial charge in [0.1, 0.15) is 13.2 Å². The van der Waals surface area contributed by atoms with E-state index in [2.05, 4.69) is 9.97 Å². The number of carbonyl (C=O) groups is 1. The quantitative estimate of drug-likeness (QED) is 0.479. The van der Waals surface area contributed by atoms with Crippen molar-refractivity contribution in [3.63, 3.8) is 0 Å². The lowest BCUT2D eigenvalue weighted by Crippen LogP contribution is -2.07. The second kappa shape index (κ2) is 7.92. The minimum absolute atomic E-state index is 0.114. The molecule has 4 aromatic rings. The van der Waals surface area contributed by atoms with Crippen LogP contribution in [0.1, 0.15) is 27.3 Å². The van der Waals surface area contributed by atoms with Crippen molar-refractivity contribution in [3.05, 3.63) is 95.7 Å². The molecule has 0 fully saturated rings. The van der Waals surface area contributed by atoms with Crippen LogP contribution in [0.25, 0.3) is 5.65 Å². The van der Waals surface area contributed by atoms with Crippen LogP contribution >= 0.6 is 0 Å². The molecule has 0 saturated heterocycles. The van der Waals surface area contributed by atoms with E-state index in [1.807, 2.05) is 60.0 Å². The Hall–Kier alpha value is -3.67. The molecule has 0 aliphatic carbocycles. The van der Waals surface area contributed by atoms with Gasteiger partial charge in [0, 0.05) is 18.6 Å². The largest absolute Gasteiger partial charge is 0.485 e. The summed E-state index contributed by atoms with van der Waals surface area (Å²) in [4.78, 5) is 20.7. The van der Waals surface area contributed by atoms with Gasteiger partial charge in [-0.1, -0.05) is 30.3 Å². The number of benzene rings is 1. The average molecular weight is 373 g/mol. The number of pyridine rings is 2. The van der Waals surface area contributed by atoms with Crippen LogP contribution in [0.5, 0.6) is 5.75 Å². The molecule has 6 heteroatoms. The number of esters is 1. The smallest absolute Gasteiger partial charge is 0.340 e. The van der Waals surface area contributed by atoms with E-state index >= 15 is 0 Å². The van der Waals surface area contributed by atoms with Crippen LogP contribution < -0.4 is 4.74 Å². The highest BCUT2D eigenvalue weighted by Crippen LogP contribution is 2.23. The van der Waals surface area contributed by atoms with Gasteiger partial charge in [-0.3, -0.25) is 9.38 Å². The van der Waals surface area contributed by atoms with Gasteiger partial charge in [-0.15, -0.1) is 0 Å². The third-order valence-corrected chi connectivity index (χ3v) is 4.39. The predicted octanol–water partition coefficient (Wildman–Crippen LogP) is 3.97. The van der Waals surface area contributed by atoms with Crippen LogP contribution in [0.2, 0.25) is 0 Å². The molecule has 0 bridgehead atoms. The van der Waals surface area contributed by atoms with Gasteiger partial charge in [-0.05, 0) is 36.8 Å². The lowest BCUT2D eigenvalue weighted by molar-refractivity contribution is 0.0465. The first kappa shape index (κ1) is 17.7. The Balaban J connectivity index is 1.53. The fourth-order valence-corrected chi connectivity index (χ4v) is 2.93. The Morgan fingerprint density at radius 2 is 1.89 bits per heavy atom. The minimum Gasteiger partial charge on any atom is -0.485 e. The molecule has 0 amide bonds. The summed E-state index contributed by atoms with van der Waals surface area (Å²) in [6, 6.07) is 17.1. The van der Waals surface area contributed by atoms with Crippen LogP contribution in [0.4, 0.5) is 0 Å². The lowest BCUT2D eigenvalue weighted by atomic mass is 10.2. The molecule has 140 valence electrons. The maximum atomic E-state index is 12.2. The van der Waals surface area contributed by atoms with Gasteiger partial charge in [-0.2, -0.15) is 0 Å². The second-order valence-electron chi connectivity index (χ2n) is 6.30. The summed E-state index contributed by atoms with van der Waals surface area (Å²) in [5.41, 5.74) is 3.79. The molecule has 3 heterocycles. The Bertz CT molecular complexity index is 1090. The van der Waals surface area contributed by atoms with Gasteiger partial charge in [0.25, 0.3) is 0 Å². The van der Waals surface area contributed by atoms with Crippen molar-refractivity contribution in [2.24, 2.45) is 0 Å². The Labute approximate surface area is 162 Å². The second-order valence-corrected chi connectivity index (χ2v) is 6.30. The summed E-state index contributed by atoms with van der Waals surface area (Å²) >= 11 is 0. The maximum Gasteiger partial charge on any atom is 0.340 e. The molecule has 0 N–H and O–H groups in total. The zero-order chi connectivity index (χ0) is 19.3. The standard InChI is InChI=1S/C22H19N3O3/c1-16-19(15-28-22(26)18-9-5-11-23-13-18)25-12-6-10-20(21(25)24-16)27-14-17-7-3-2-4-8-17/h2-13H,14-15H2,1H3. The third-order valence-electron chi connectivity index (χ3n) is 4.39. The molecule has 0 atom stereocenters. The number of nitrogens with zero attached hydrogens (tertiary/aromatic N) is 3. The topological polar surface area (TPSA) is 65.7 Å². The number of aromatic nitrogens is 3. The molecule has 6 nitrogen and oxygen atoms in total. The van der Waals surface area contributed by atoms with E-state index in [1.54, 1.807) is 18.3 Å². The molecule has 0 radical (unpaired) electrons. The highest BCUT2D eigenvalue weighted by atomic mass is 16.5. The number of fused-ring (bicyclic) bond motifs is 1. The SMILES string of the molecule is Cc1nc2c(OCc3ccccc3)cccn2c1COC(=O)c1cccnc1. The molecule has 0 saturated carbocycles.